The second-order valence-corrected chi connectivity index (χ2v) is 20.3. The van der Waals surface area contributed by atoms with Gasteiger partial charge >= 0.3 is 5.97 Å². The summed E-state index contributed by atoms with van der Waals surface area (Å²) in [4.78, 5) is 24.5. The van der Waals surface area contributed by atoms with E-state index in [0.29, 0.717) is 19.4 Å². The zero-order valence-corrected chi connectivity index (χ0v) is 44.4. The predicted octanol–water partition coefficient (Wildman–Crippen LogP) is 18.2. The molecule has 390 valence electrons. The highest BCUT2D eigenvalue weighted by atomic mass is 16.5. The third-order valence-electron chi connectivity index (χ3n) is 13.7. The number of aliphatic hydroxyl groups excluding tert-OH is 2. The van der Waals surface area contributed by atoms with Crippen molar-refractivity contribution in [1.82, 2.24) is 5.32 Å². The van der Waals surface area contributed by atoms with Gasteiger partial charge < -0.3 is 20.3 Å². The van der Waals surface area contributed by atoms with Gasteiger partial charge in [0.15, 0.2) is 0 Å². The van der Waals surface area contributed by atoms with Crippen molar-refractivity contribution in [3.63, 3.8) is 0 Å². The monoisotopic (exact) mass is 930 g/mol. The van der Waals surface area contributed by atoms with Gasteiger partial charge in [-0.25, -0.2) is 0 Å². The first-order valence-electron chi connectivity index (χ1n) is 29.6. The first kappa shape index (κ1) is 64.3. The Kier molecular flexibility index (Phi) is 54.5. The van der Waals surface area contributed by atoms with Crippen molar-refractivity contribution < 1.29 is 24.5 Å². The molecule has 0 aromatic heterocycles. The molecule has 0 aliphatic rings. The van der Waals surface area contributed by atoms with E-state index in [0.717, 1.165) is 77.0 Å². The highest BCUT2D eigenvalue weighted by Crippen LogP contribution is 2.17. The van der Waals surface area contributed by atoms with Crippen LogP contribution in [0.5, 0.6) is 0 Å². The van der Waals surface area contributed by atoms with Crippen LogP contribution < -0.4 is 5.32 Å². The molecule has 6 nitrogen and oxygen atoms in total. The van der Waals surface area contributed by atoms with Crippen LogP contribution in [0.15, 0.2) is 24.3 Å². The molecule has 1 amide bonds. The maximum atomic E-state index is 12.5. The average molecular weight is 931 g/mol. The van der Waals surface area contributed by atoms with Crippen LogP contribution in [0.25, 0.3) is 0 Å². The Hall–Kier alpha value is -1.66. The molecule has 0 heterocycles. The molecule has 2 unspecified atom stereocenters. The van der Waals surface area contributed by atoms with Crippen molar-refractivity contribution in [3.05, 3.63) is 24.3 Å². The van der Waals surface area contributed by atoms with Gasteiger partial charge in [-0.1, -0.05) is 269 Å². The van der Waals surface area contributed by atoms with E-state index in [-0.39, 0.29) is 18.5 Å². The lowest BCUT2D eigenvalue weighted by molar-refractivity contribution is -0.143. The lowest BCUT2D eigenvalue weighted by atomic mass is 10.0. The van der Waals surface area contributed by atoms with Crippen LogP contribution in [0.3, 0.4) is 0 Å². The Morgan fingerprint density at radius 2 is 0.712 bits per heavy atom. The quantitative estimate of drug-likeness (QED) is 0.0321. The summed E-state index contributed by atoms with van der Waals surface area (Å²) in [5, 5.41) is 23.2. The number of unbranched alkanes of at least 4 members (excludes halogenated alkanes) is 42. The van der Waals surface area contributed by atoms with Gasteiger partial charge in [0.2, 0.25) is 5.91 Å². The molecule has 0 saturated heterocycles. The van der Waals surface area contributed by atoms with E-state index in [1.807, 2.05) is 6.08 Å². The number of rotatable bonds is 55. The maximum absolute atomic E-state index is 12.5. The normalized spacial score (nSPS) is 12.7. The molecular weight excluding hydrogens is 815 g/mol. The SMILES string of the molecule is CCCCCCCCCCCCCCCCCCCCCCCCC/C=C/C(O)C(CO)NC(=O)CCCCCCC/C=C\CCCCCOC(=O)CCCCCCCCCCCCCC. The second kappa shape index (κ2) is 55.9. The number of carbonyl (C=O) groups is 2. The van der Waals surface area contributed by atoms with E-state index in [2.05, 4.69) is 31.3 Å². The van der Waals surface area contributed by atoms with Gasteiger partial charge in [-0.2, -0.15) is 0 Å². The summed E-state index contributed by atoms with van der Waals surface area (Å²) in [6.07, 6.45) is 67.8. The fraction of sp³-hybridized carbons (Fsp3) is 0.900. The summed E-state index contributed by atoms with van der Waals surface area (Å²) in [6.45, 7) is 4.86. The summed E-state index contributed by atoms with van der Waals surface area (Å²) >= 11 is 0. The Morgan fingerprint density at radius 1 is 0.409 bits per heavy atom. The van der Waals surface area contributed by atoms with Crippen LogP contribution in [0.1, 0.15) is 322 Å². The summed E-state index contributed by atoms with van der Waals surface area (Å²) in [5.41, 5.74) is 0. The van der Waals surface area contributed by atoms with Crippen LogP contribution in [-0.4, -0.2) is 47.4 Å². The van der Waals surface area contributed by atoms with Crippen molar-refractivity contribution in [2.75, 3.05) is 13.2 Å². The molecule has 6 heteroatoms. The number of hydrogen-bond donors (Lipinski definition) is 3. The van der Waals surface area contributed by atoms with Gasteiger partial charge in [0, 0.05) is 12.8 Å². The van der Waals surface area contributed by atoms with Crippen molar-refractivity contribution in [1.29, 1.82) is 0 Å². The fourth-order valence-electron chi connectivity index (χ4n) is 9.16. The van der Waals surface area contributed by atoms with Crippen LogP contribution in [0.4, 0.5) is 0 Å². The minimum Gasteiger partial charge on any atom is -0.466 e. The standard InChI is InChI=1S/C60H115NO5/c1-3-5-7-9-11-13-15-17-18-19-20-21-22-23-24-25-26-27-28-29-32-36-40-44-48-52-58(63)57(56-62)61-59(64)53-49-45-41-37-33-30-31-35-39-43-47-51-55-66-60(65)54-50-46-42-38-34-16-14-12-10-8-6-4-2/h31,35,48,52,57-58,62-63H,3-30,32-34,36-47,49-51,53-56H2,1-2H3,(H,61,64)/b35-31-,52-48+. The molecular formula is C60H115NO5. The fourth-order valence-corrected chi connectivity index (χ4v) is 9.16. The number of esters is 1. The molecule has 0 bridgehead atoms. The zero-order chi connectivity index (χ0) is 47.9. The third kappa shape index (κ3) is 51.7. The van der Waals surface area contributed by atoms with E-state index in [4.69, 9.17) is 4.74 Å². The van der Waals surface area contributed by atoms with Crippen molar-refractivity contribution in [3.8, 4) is 0 Å². The van der Waals surface area contributed by atoms with Crippen molar-refractivity contribution in [2.24, 2.45) is 0 Å². The van der Waals surface area contributed by atoms with Crippen molar-refractivity contribution in [2.45, 2.75) is 334 Å². The lowest BCUT2D eigenvalue weighted by Crippen LogP contribution is -2.45. The summed E-state index contributed by atoms with van der Waals surface area (Å²) < 4.78 is 5.44. The molecule has 0 spiro atoms. The number of aliphatic hydroxyl groups is 2. The Bertz CT molecular complexity index is 1030. The molecule has 0 aromatic carbocycles. The highest BCUT2D eigenvalue weighted by Gasteiger charge is 2.18. The van der Waals surface area contributed by atoms with Gasteiger partial charge in [-0.15, -0.1) is 0 Å². The van der Waals surface area contributed by atoms with Crippen LogP contribution >= 0.6 is 0 Å². The smallest absolute Gasteiger partial charge is 0.305 e. The maximum Gasteiger partial charge on any atom is 0.305 e. The van der Waals surface area contributed by atoms with Gasteiger partial charge in [0.05, 0.1) is 25.4 Å². The topological polar surface area (TPSA) is 95.9 Å². The average Bonchev–Trinajstić information content (AvgIpc) is 3.32. The van der Waals surface area contributed by atoms with Crippen LogP contribution in [-0.2, 0) is 14.3 Å². The number of ether oxygens (including phenoxy) is 1. The van der Waals surface area contributed by atoms with E-state index in [9.17, 15) is 19.8 Å². The predicted molar refractivity (Wildman–Crippen MR) is 287 cm³/mol. The number of allylic oxidation sites excluding steroid dienone is 3. The van der Waals surface area contributed by atoms with Gasteiger partial charge in [0.1, 0.15) is 0 Å². The van der Waals surface area contributed by atoms with Gasteiger partial charge in [-0.3, -0.25) is 9.59 Å². The van der Waals surface area contributed by atoms with Crippen molar-refractivity contribution >= 4 is 11.9 Å². The molecule has 0 radical (unpaired) electrons. The number of hydrogen-bond acceptors (Lipinski definition) is 5. The number of nitrogens with one attached hydrogen (secondary N) is 1. The van der Waals surface area contributed by atoms with Gasteiger partial charge in [0.25, 0.3) is 0 Å². The first-order chi connectivity index (χ1) is 32.5. The van der Waals surface area contributed by atoms with E-state index < -0.39 is 12.1 Å². The molecule has 0 aromatic rings. The Morgan fingerprint density at radius 3 is 1.08 bits per heavy atom. The van der Waals surface area contributed by atoms with E-state index >= 15 is 0 Å². The summed E-state index contributed by atoms with van der Waals surface area (Å²) in [7, 11) is 0. The summed E-state index contributed by atoms with van der Waals surface area (Å²) in [6, 6.07) is -0.647. The molecule has 0 saturated carbocycles. The lowest BCUT2D eigenvalue weighted by Gasteiger charge is -2.20. The molecule has 0 aliphatic carbocycles. The molecule has 0 fully saturated rings. The molecule has 66 heavy (non-hydrogen) atoms. The largest absolute Gasteiger partial charge is 0.466 e. The third-order valence-corrected chi connectivity index (χ3v) is 13.7. The van der Waals surface area contributed by atoms with Crippen LogP contribution in [0, 0.1) is 0 Å². The molecule has 0 rings (SSSR count). The highest BCUT2D eigenvalue weighted by molar-refractivity contribution is 5.76. The minimum atomic E-state index is -0.861. The minimum absolute atomic E-state index is 0.0230. The molecule has 0 aliphatic heterocycles. The molecule has 3 N–H and O–H groups in total. The van der Waals surface area contributed by atoms with E-state index in [1.165, 1.54) is 218 Å². The zero-order valence-electron chi connectivity index (χ0n) is 44.4. The van der Waals surface area contributed by atoms with Crippen LogP contribution in [0.2, 0.25) is 0 Å². The van der Waals surface area contributed by atoms with E-state index in [1.54, 1.807) is 6.08 Å². The molecule has 2 atom stereocenters. The number of amides is 1. The second-order valence-electron chi connectivity index (χ2n) is 20.3. The Labute approximate surface area is 411 Å². The Balaban J connectivity index is 3.52. The summed E-state index contributed by atoms with van der Waals surface area (Å²) in [5.74, 6) is -0.114. The van der Waals surface area contributed by atoms with Gasteiger partial charge in [-0.05, 0) is 64.2 Å². The number of carbonyl (C=O) groups excluding carboxylic acids is 2. The first-order valence-corrected chi connectivity index (χ1v) is 29.6.